The number of pyridine rings is 1. The van der Waals surface area contributed by atoms with Crippen LogP contribution in [0.1, 0.15) is 28.5 Å². The molecule has 0 fully saturated rings. The van der Waals surface area contributed by atoms with E-state index in [1.54, 1.807) is 25.1 Å². The smallest absolute Gasteiger partial charge is 0.274 e. The summed E-state index contributed by atoms with van der Waals surface area (Å²) in [4.78, 5) is 20.5. The first-order chi connectivity index (χ1) is 13.0. The van der Waals surface area contributed by atoms with Gasteiger partial charge in [-0.1, -0.05) is 6.07 Å². The molecule has 0 saturated heterocycles. The van der Waals surface area contributed by atoms with Crippen LogP contribution in [0.25, 0.3) is 0 Å². The number of benzene rings is 1. The summed E-state index contributed by atoms with van der Waals surface area (Å²) in [5.74, 6) is -1.41. The molecule has 0 bridgehead atoms. The minimum absolute atomic E-state index is 0.0545. The molecule has 1 aliphatic heterocycles. The molecule has 1 atom stereocenters. The van der Waals surface area contributed by atoms with Crippen molar-refractivity contribution in [2.45, 2.75) is 19.4 Å². The number of sulfonamides is 1. The molecule has 3 N–H and O–H groups in total. The van der Waals surface area contributed by atoms with E-state index in [0.717, 1.165) is 22.1 Å². The molecule has 10 heteroatoms. The number of hydrogen-bond acceptors (Lipinski definition) is 6. The summed E-state index contributed by atoms with van der Waals surface area (Å²) in [6, 6.07) is 7.51. The molecule has 0 radical (unpaired) electrons. The number of carbonyl (C=O) groups excluding carboxylic acids is 1. The van der Waals surface area contributed by atoms with Crippen molar-refractivity contribution in [2.24, 2.45) is 10.7 Å². The fraction of sp³-hybridized carbons (Fsp3) is 0.278. The molecule has 1 aromatic heterocycles. The summed E-state index contributed by atoms with van der Waals surface area (Å²) in [6.07, 6.45) is 0.956. The lowest BCUT2D eigenvalue weighted by Crippen LogP contribution is -2.50. The largest absolute Gasteiger partial charge is 0.369 e. The number of aromatic nitrogens is 1. The van der Waals surface area contributed by atoms with Gasteiger partial charge >= 0.3 is 0 Å². The lowest BCUT2D eigenvalue weighted by molar-refractivity contribution is 0.102. The van der Waals surface area contributed by atoms with Gasteiger partial charge in [0.1, 0.15) is 17.1 Å². The number of rotatable bonds is 3. The summed E-state index contributed by atoms with van der Waals surface area (Å²) in [7, 11) is -2.27. The minimum atomic E-state index is -3.62. The van der Waals surface area contributed by atoms with E-state index in [1.807, 2.05) is 6.92 Å². The Kier molecular flexibility index (Phi) is 4.84. The number of aryl methyl sites for hydroxylation is 1. The lowest BCUT2D eigenvalue weighted by atomic mass is 9.90. The van der Waals surface area contributed by atoms with Crippen molar-refractivity contribution < 1.29 is 17.6 Å². The van der Waals surface area contributed by atoms with Gasteiger partial charge in [-0.25, -0.2) is 27.1 Å². The van der Waals surface area contributed by atoms with Crippen LogP contribution in [0.15, 0.2) is 41.5 Å². The molecule has 1 aromatic carbocycles. The first kappa shape index (κ1) is 19.7. The van der Waals surface area contributed by atoms with Crippen molar-refractivity contribution in [3.63, 3.8) is 0 Å². The number of halogens is 1. The number of anilines is 1. The van der Waals surface area contributed by atoms with E-state index in [-0.39, 0.29) is 17.4 Å². The van der Waals surface area contributed by atoms with Crippen molar-refractivity contribution in [3.05, 3.63) is 59.2 Å². The lowest BCUT2D eigenvalue weighted by Gasteiger charge is -2.35. The topological polar surface area (TPSA) is 118 Å². The van der Waals surface area contributed by atoms with Crippen LogP contribution in [-0.4, -0.2) is 42.4 Å². The van der Waals surface area contributed by atoms with E-state index in [2.05, 4.69) is 15.3 Å². The maximum absolute atomic E-state index is 13.0. The SMILES string of the molecule is Cc1ccc(NC(=O)c2ccc(F)cn2)cc1[C@]1(C)CS(=O)(=O)N(C)C(N)=N1. The minimum Gasteiger partial charge on any atom is -0.369 e. The van der Waals surface area contributed by atoms with Gasteiger partial charge in [0.15, 0.2) is 0 Å². The third kappa shape index (κ3) is 3.68. The quantitative estimate of drug-likeness (QED) is 0.804. The Morgan fingerprint density at radius 3 is 2.64 bits per heavy atom. The Morgan fingerprint density at radius 2 is 2.04 bits per heavy atom. The number of amides is 1. The van der Waals surface area contributed by atoms with Gasteiger partial charge in [0.05, 0.1) is 11.9 Å². The number of carbonyl (C=O) groups is 1. The van der Waals surface area contributed by atoms with E-state index in [0.29, 0.717) is 11.3 Å². The van der Waals surface area contributed by atoms with Crippen molar-refractivity contribution in [3.8, 4) is 0 Å². The molecule has 28 heavy (non-hydrogen) atoms. The van der Waals surface area contributed by atoms with Crippen LogP contribution in [0.3, 0.4) is 0 Å². The molecule has 2 heterocycles. The maximum Gasteiger partial charge on any atom is 0.274 e. The number of nitrogens with zero attached hydrogens (tertiary/aromatic N) is 3. The number of hydrogen-bond donors (Lipinski definition) is 2. The van der Waals surface area contributed by atoms with E-state index in [1.165, 1.54) is 13.1 Å². The number of aliphatic imine (C=N–C) groups is 1. The summed E-state index contributed by atoms with van der Waals surface area (Å²) in [5, 5.41) is 2.68. The van der Waals surface area contributed by atoms with E-state index < -0.39 is 27.3 Å². The first-order valence-electron chi connectivity index (χ1n) is 8.38. The van der Waals surface area contributed by atoms with Crippen molar-refractivity contribution >= 4 is 27.6 Å². The van der Waals surface area contributed by atoms with Crippen LogP contribution in [-0.2, 0) is 15.6 Å². The predicted octanol–water partition coefficient (Wildman–Crippen LogP) is 1.59. The Morgan fingerprint density at radius 1 is 1.32 bits per heavy atom. The monoisotopic (exact) mass is 405 g/mol. The summed E-state index contributed by atoms with van der Waals surface area (Å²) >= 11 is 0. The van der Waals surface area contributed by atoms with Gasteiger partial charge in [-0.2, -0.15) is 0 Å². The first-order valence-corrected chi connectivity index (χ1v) is 9.99. The van der Waals surface area contributed by atoms with Gasteiger partial charge < -0.3 is 11.1 Å². The van der Waals surface area contributed by atoms with Crippen molar-refractivity contribution in [2.75, 3.05) is 18.1 Å². The van der Waals surface area contributed by atoms with Gasteiger partial charge in [-0.15, -0.1) is 0 Å². The second-order valence-electron chi connectivity index (χ2n) is 6.81. The predicted molar refractivity (Wildman–Crippen MR) is 104 cm³/mol. The fourth-order valence-corrected chi connectivity index (χ4v) is 4.52. The van der Waals surface area contributed by atoms with Crippen molar-refractivity contribution in [1.29, 1.82) is 0 Å². The van der Waals surface area contributed by atoms with E-state index >= 15 is 0 Å². The second-order valence-corrected chi connectivity index (χ2v) is 8.81. The highest BCUT2D eigenvalue weighted by Gasteiger charge is 2.41. The Balaban J connectivity index is 1.96. The third-order valence-corrected chi connectivity index (χ3v) is 6.55. The van der Waals surface area contributed by atoms with Crippen LogP contribution >= 0.6 is 0 Å². The highest BCUT2D eigenvalue weighted by molar-refractivity contribution is 7.89. The van der Waals surface area contributed by atoms with Crippen LogP contribution in [0.5, 0.6) is 0 Å². The third-order valence-electron chi connectivity index (χ3n) is 4.60. The summed E-state index contributed by atoms with van der Waals surface area (Å²) < 4.78 is 38.8. The highest BCUT2D eigenvalue weighted by atomic mass is 32.2. The number of nitrogens with one attached hydrogen (secondary N) is 1. The van der Waals surface area contributed by atoms with Crippen LogP contribution in [0.2, 0.25) is 0 Å². The van der Waals surface area contributed by atoms with Gasteiger partial charge in [-0.05, 0) is 49.2 Å². The second kappa shape index (κ2) is 6.86. The van der Waals surface area contributed by atoms with E-state index in [9.17, 15) is 17.6 Å². The zero-order chi connectivity index (χ0) is 20.7. The Labute approximate surface area is 162 Å². The molecule has 0 saturated carbocycles. The van der Waals surface area contributed by atoms with Gasteiger partial charge in [-0.3, -0.25) is 4.79 Å². The van der Waals surface area contributed by atoms with E-state index in [4.69, 9.17) is 5.73 Å². The van der Waals surface area contributed by atoms with Crippen LogP contribution < -0.4 is 11.1 Å². The van der Waals surface area contributed by atoms with Gasteiger partial charge in [0, 0.05) is 12.7 Å². The Bertz CT molecular complexity index is 1070. The number of nitrogens with two attached hydrogens (primary N) is 1. The molecule has 2 aromatic rings. The van der Waals surface area contributed by atoms with Gasteiger partial charge in [0.2, 0.25) is 16.0 Å². The highest BCUT2D eigenvalue weighted by Crippen LogP contribution is 2.35. The molecule has 8 nitrogen and oxygen atoms in total. The molecule has 0 unspecified atom stereocenters. The molecule has 0 spiro atoms. The normalized spacial score (nSPS) is 21.1. The Hall–Kier alpha value is -3.01. The molecule has 0 aliphatic carbocycles. The standard InChI is InChI=1S/C18H20FN5O3S/c1-11-4-6-13(22-16(25)15-7-5-12(19)9-21-15)8-14(11)18(2)10-28(26,27)24(3)17(20)23-18/h4-9H,10H2,1-3H3,(H2,20,23)(H,22,25)/t18-/m0/s1. The average Bonchev–Trinajstić information content (AvgIpc) is 2.61. The molecule has 148 valence electrons. The van der Waals surface area contributed by atoms with Crippen LogP contribution in [0.4, 0.5) is 10.1 Å². The molecular formula is C18H20FN5O3S. The number of guanidine groups is 1. The zero-order valence-electron chi connectivity index (χ0n) is 15.6. The molecule has 3 rings (SSSR count). The average molecular weight is 405 g/mol. The fourth-order valence-electron chi connectivity index (χ4n) is 3.07. The van der Waals surface area contributed by atoms with Gasteiger partial charge in [0.25, 0.3) is 5.91 Å². The van der Waals surface area contributed by atoms with Crippen molar-refractivity contribution in [1.82, 2.24) is 9.29 Å². The molecule has 1 amide bonds. The zero-order valence-corrected chi connectivity index (χ0v) is 16.4. The maximum atomic E-state index is 13.0. The molecular weight excluding hydrogens is 385 g/mol. The summed E-state index contributed by atoms with van der Waals surface area (Å²) in [5.41, 5.74) is 6.62. The van der Waals surface area contributed by atoms with Crippen LogP contribution in [0, 0.1) is 12.7 Å². The summed E-state index contributed by atoms with van der Waals surface area (Å²) in [6.45, 7) is 3.50. The molecule has 1 aliphatic rings.